The minimum Gasteiger partial charge on any atom is -0.494 e. The van der Waals surface area contributed by atoms with E-state index < -0.39 is 0 Å². The van der Waals surface area contributed by atoms with Crippen LogP contribution in [0.25, 0.3) is 10.9 Å². The molecule has 1 aromatic heterocycles. The average molecular weight is 417 g/mol. The number of carbonyl (C=O) groups is 1. The largest absolute Gasteiger partial charge is 0.494 e. The molecule has 1 N–H and O–H groups in total. The SMILES string of the molecule is CCOc1ccc([C@H]2c3[nH]c4ccccc4c3CCN2C(=O)CCC2CCCC2)cc1. The van der Waals surface area contributed by atoms with Gasteiger partial charge in [0.1, 0.15) is 5.75 Å². The smallest absolute Gasteiger partial charge is 0.223 e. The Balaban J connectivity index is 1.48. The highest BCUT2D eigenvalue weighted by Gasteiger charge is 2.34. The number of hydrogen-bond donors (Lipinski definition) is 1. The molecule has 1 saturated carbocycles. The quantitative estimate of drug-likeness (QED) is 0.535. The van der Waals surface area contributed by atoms with Gasteiger partial charge in [-0.25, -0.2) is 0 Å². The fraction of sp³-hybridized carbons (Fsp3) is 0.444. The average Bonchev–Trinajstić information content (AvgIpc) is 3.45. The molecule has 31 heavy (non-hydrogen) atoms. The van der Waals surface area contributed by atoms with Crippen molar-refractivity contribution < 1.29 is 9.53 Å². The monoisotopic (exact) mass is 416 g/mol. The minimum absolute atomic E-state index is 0.0668. The summed E-state index contributed by atoms with van der Waals surface area (Å²) < 4.78 is 5.65. The van der Waals surface area contributed by atoms with Gasteiger partial charge >= 0.3 is 0 Å². The van der Waals surface area contributed by atoms with Gasteiger partial charge in [-0.15, -0.1) is 0 Å². The van der Waals surface area contributed by atoms with Crippen molar-refractivity contribution in [3.05, 3.63) is 65.4 Å². The van der Waals surface area contributed by atoms with Crippen LogP contribution >= 0.6 is 0 Å². The lowest BCUT2D eigenvalue weighted by molar-refractivity contribution is -0.133. The van der Waals surface area contributed by atoms with Crippen molar-refractivity contribution in [2.75, 3.05) is 13.2 Å². The molecule has 0 saturated heterocycles. The summed E-state index contributed by atoms with van der Waals surface area (Å²) in [6, 6.07) is 16.7. The van der Waals surface area contributed by atoms with E-state index in [9.17, 15) is 4.79 Å². The lowest BCUT2D eigenvalue weighted by atomic mass is 9.91. The number of ether oxygens (including phenoxy) is 1. The third-order valence-electron chi connectivity index (χ3n) is 7.10. The third kappa shape index (κ3) is 3.96. The maximum Gasteiger partial charge on any atom is 0.223 e. The maximum absolute atomic E-state index is 13.4. The van der Waals surface area contributed by atoms with Crippen molar-refractivity contribution in [1.82, 2.24) is 9.88 Å². The van der Waals surface area contributed by atoms with Gasteiger partial charge in [-0.05, 0) is 55.0 Å². The lowest BCUT2D eigenvalue weighted by Crippen LogP contribution is -2.40. The second-order valence-corrected chi connectivity index (χ2v) is 8.99. The van der Waals surface area contributed by atoms with Crippen LogP contribution in [0.5, 0.6) is 5.75 Å². The van der Waals surface area contributed by atoms with Gasteiger partial charge in [-0.2, -0.15) is 0 Å². The fourth-order valence-corrected chi connectivity index (χ4v) is 5.54. The highest BCUT2D eigenvalue weighted by Crippen LogP contribution is 2.39. The number of fused-ring (bicyclic) bond motifs is 3. The van der Waals surface area contributed by atoms with E-state index in [1.54, 1.807) is 0 Å². The molecule has 5 rings (SSSR count). The first-order chi connectivity index (χ1) is 15.2. The molecule has 4 heteroatoms. The Labute approximate surface area is 184 Å². The Morgan fingerprint density at radius 2 is 1.87 bits per heavy atom. The molecule has 0 radical (unpaired) electrons. The summed E-state index contributed by atoms with van der Waals surface area (Å²) in [5.74, 6) is 1.90. The van der Waals surface area contributed by atoms with Crippen LogP contribution in [-0.2, 0) is 11.2 Å². The first-order valence-corrected chi connectivity index (χ1v) is 11.9. The Kier molecular flexibility index (Phi) is 5.71. The van der Waals surface area contributed by atoms with Crippen molar-refractivity contribution in [3.8, 4) is 5.75 Å². The fourth-order valence-electron chi connectivity index (χ4n) is 5.54. The molecule has 2 heterocycles. The molecule has 1 fully saturated rings. The van der Waals surface area contributed by atoms with Gasteiger partial charge in [-0.3, -0.25) is 4.79 Å². The van der Waals surface area contributed by atoms with Crippen molar-refractivity contribution in [2.24, 2.45) is 5.92 Å². The molecule has 3 aromatic rings. The zero-order valence-corrected chi connectivity index (χ0v) is 18.4. The molecule has 0 bridgehead atoms. The van der Waals surface area contributed by atoms with Crippen LogP contribution in [0, 0.1) is 5.92 Å². The normalized spacial score (nSPS) is 19.0. The van der Waals surface area contributed by atoms with Crippen LogP contribution in [0.3, 0.4) is 0 Å². The van der Waals surface area contributed by atoms with Crippen LogP contribution in [0.1, 0.15) is 68.3 Å². The Morgan fingerprint density at radius 1 is 1.10 bits per heavy atom. The van der Waals surface area contributed by atoms with Crippen LogP contribution < -0.4 is 4.74 Å². The predicted octanol–water partition coefficient (Wildman–Crippen LogP) is 6.01. The van der Waals surface area contributed by atoms with E-state index >= 15 is 0 Å². The summed E-state index contributed by atoms with van der Waals surface area (Å²) in [5.41, 5.74) is 4.83. The van der Waals surface area contributed by atoms with Crippen LogP contribution in [0.15, 0.2) is 48.5 Å². The van der Waals surface area contributed by atoms with E-state index in [1.165, 1.54) is 42.3 Å². The molecule has 1 amide bonds. The highest BCUT2D eigenvalue weighted by atomic mass is 16.5. The summed E-state index contributed by atoms with van der Waals surface area (Å²) in [5, 5.41) is 1.28. The van der Waals surface area contributed by atoms with Gasteiger partial charge in [0.05, 0.1) is 12.6 Å². The zero-order chi connectivity index (χ0) is 21.2. The number of para-hydroxylation sites is 1. The number of nitrogens with zero attached hydrogens (tertiary/aromatic N) is 1. The van der Waals surface area contributed by atoms with Crippen molar-refractivity contribution >= 4 is 16.8 Å². The molecule has 1 atom stereocenters. The number of rotatable bonds is 6. The molecule has 1 aliphatic heterocycles. The molecular formula is C27H32N2O2. The van der Waals surface area contributed by atoms with Gasteiger partial charge in [0.25, 0.3) is 0 Å². The first-order valence-electron chi connectivity index (χ1n) is 11.9. The van der Waals surface area contributed by atoms with Crippen LogP contribution in [-0.4, -0.2) is 28.9 Å². The van der Waals surface area contributed by atoms with Gasteiger partial charge in [-0.1, -0.05) is 56.0 Å². The van der Waals surface area contributed by atoms with E-state index in [4.69, 9.17) is 4.74 Å². The first kappa shape index (κ1) is 20.2. The molecule has 162 valence electrons. The number of hydrogen-bond acceptors (Lipinski definition) is 2. The van der Waals surface area contributed by atoms with Gasteiger partial charge < -0.3 is 14.6 Å². The van der Waals surface area contributed by atoms with E-state index in [2.05, 4.69) is 46.3 Å². The maximum atomic E-state index is 13.4. The number of aromatic nitrogens is 1. The molecule has 1 aliphatic carbocycles. The minimum atomic E-state index is -0.0668. The number of amides is 1. The topological polar surface area (TPSA) is 45.3 Å². The van der Waals surface area contributed by atoms with E-state index in [0.717, 1.165) is 42.1 Å². The molecule has 0 spiro atoms. The van der Waals surface area contributed by atoms with E-state index in [-0.39, 0.29) is 11.9 Å². The van der Waals surface area contributed by atoms with Gasteiger partial charge in [0, 0.05) is 29.6 Å². The lowest BCUT2D eigenvalue weighted by Gasteiger charge is -2.36. The number of benzene rings is 2. The molecule has 0 unspecified atom stereocenters. The predicted molar refractivity (Wildman–Crippen MR) is 124 cm³/mol. The summed E-state index contributed by atoms with van der Waals surface area (Å²) >= 11 is 0. The van der Waals surface area contributed by atoms with Crippen molar-refractivity contribution in [1.29, 1.82) is 0 Å². The van der Waals surface area contributed by atoms with Crippen molar-refractivity contribution in [2.45, 2.75) is 57.9 Å². The Morgan fingerprint density at radius 3 is 2.65 bits per heavy atom. The van der Waals surface area contributed by atoms with Crippen LogP contribution in [0.4, 0.5) is 0 Å². The molecule has 2 aliphatic rings. The standard InChI is InChI=1S/C27H32N2O2/c1-2-31-21-14-12-20(13-15-21)27-26-23(22-9-5-6-10-24(22)28-26)17-18-29(27)25(30)16-11-19-7-3-4-8-19/h5-6,9-10,12-15,19,27-28H,2-4,7-8,11,16-18H2,1H3/t27-/m0/s1. The van der Waals surface area contributed by atoms with Crippen molar-refractivity contribution in [3.63, 3.8) is 0 Å². The van der Waals surface area contributed by atoms with E-state index in [1.807, 2.05) is 19.1 Å². The van der Waals surface area contributed by atoms with Crippen LogP contribution in [0.2, 0.25) is 0 Å². The number of nitrogens with one attached hydrogen (secondary N) is 1. The summed E-state index contributed by atoms with van der Waals surface area (Å²) in [6.07, 6.45) is 7.84. The number of aromatic amines is 1. The summed E-state index contributed by atoms with van der Waals surface area (Å²) in [6.45, 7) is 3.42. The summed E-state index contributed by atoms with van der Waals surface area (Å²) in [7, 11) is 0. The molecular weight excluding hydrogens is 384 g/mol. The van der Waals surface area contributed by atoms with Gasteiger partial charge in [0.15, 0.2) is 0 Å². The summed E-state index contributed by atoms with van der Waals surface area (Å²) in [4.78, 5) is 19.2. The zero-order valence-electron chi connectivity index (χ0n) is 18.4. The highest BCUT2D eigenvalue weighted by molar-refractivity contribution is 5.86. The molecule has 4 nitrogen and oxygen atoms in total. The Hall–Kier alpha value is -2.75. The Bertz CT molecular complexity index is 1050. The second-order valence-electron chi connectivity index (χ2n) is 8.99. The third-order valence-corrected chi connectivity index (χ3v) is 7.10. The van der Waals surface area contributed by atoms with Gasteiger partial charge in [0.2, 0.25) is 5.91 Å². The number of carbonyl (C=O) groups excluding carboxylic acids is 1. The van der Waals surface area contributed by atoms with E-state index in [0.29, 0.717) is 13.0 Å². The molecule has 2 aromatic carbocycles. The number of H-pyrrole nitrogens is 1. The second kappa shape index (κ2) is 8.78.